The summed E-state index contributed by atoms with van der Waals surface area (Å²) < 4.78 is 12.1. The molecule has 3 rings (SSSR count). The molecule has 1 amide bonds. The molecule has 2 aliphatic heterocycles. The van der Waals surface area contributed by atoms with Gasteiger partial charge in [0.2, 0.25) is 5.91 Å². The summed E-state index contributed by atoms with van der Waals surface area (Å²) in [6.45, 7) is 6.95. The quantitative estimate of drug-likeness (QED) is 0.804. The van der Waals surface area contributed by atoms with E-state index in [4.69, 9.17) is 9.47 Å². The molecule has 3 heterocycles. The Bertz CT molecular complexity index is 569. The lowest BCUT2D eigenvalue weighted by Gasteiger charge is -2.53. The zero-order chi connectivity index (χ0) is 17.0. The Morgan fingerprint density at radius 3 is 3.08 bits per heavy atom. The van der Waals surface area contributed by atoms with E-state index in [2.05, 4.69) is 18.8 Å². The number of hydrogen-bond acceptors (Lipinski definition) is 4. The summed E-state index contributed by atoms with van der Waals surface area (Å²) in [5.74, 6) is 0.264. The number of ether oxygens (including phenoxy) is 2. The standard InChI is InChI=1S/C19H28N2O3/c1-3-4-5-18(22)21-13-19(14-21)10-17(7-9-24-19)23-12-16-11-20-8-6-15(16)2/h6,8,11,17H,3-5,7,9-10,12-14H2,1-2H3/t17-/m0/s1. The molecular weight excluding hydrogens is 304 g/mol. The number of rotatable bonds is 6. The van der Waals surface area contributed by atoms with Gasteiger partial charge in [0, 0.05) is 31.8 Å². The molecule has 1 atom stereocenters. The van der Waals surface area contributed by atoms with E-state index < -0.39 is 0 Å². The molecule has 0 aliphatic carbocycles. The smallest absolute Gasteiger partial charge is 0.222 e. The summed E-state index contributed by atoms with van der Waals surface area (Å²) in [5.41, 5.74) is 2.18. The van der Waals surface area contributed by atoms with Gasteiger partial charge in [0.15, 0.2) is 0 Å². The second-order valence-corrected chi connectivity index (χ2v) is 7.11. The van der Waals surface area contributed by atoms with Crippen molar-refractivity contribution in [2.45, 2.75) is 64.3 Å². The van der Waals surface area contributed by atoms with E-state index in [1.54, 1.807) is 6.20 Å². The Morgan fingerprint density at radius 1 is 1.50 bits per heavy atom. The highest BCUT2D eigenvalue weighted by Crippen LogP contribution is 2.36. The molecule has 2 fully saturated rings. The zero-order valence-corrected chi connectivity index (χ0v) is 14.8. The van der Waals surface area contributed by atoms with Gasteiger partial charge in [-0.15, -0.1) is 0 Å². The van der Waals surface area contributed by atoms with Crippen molar-refractivity contribution in [3.8, 4) is 0 Å². The van der Waals surface area contributed by atoms with Crippen molar-refractivity contribution in [3.63, 3.8) is 0 Å². The van der Waals surface area contributed by atoms with Gasteiger partial charge in [0.05, 0.1) is 25.8 Å². The second kappa shape index (κ2) is 7.62. The van der Waals surface area contributed by atoms with Crippen molar-refractivity contribution < 1.29 is 14.3 Å². The van der Waals surface area contributed by atoms with Crippen LogP contribution in [0, 0.1) is 6.92 Å². The molecule has 0 N–H and O–H groups in total. The van der Waals surface area contributed by atoms with Crippen molar-refractivity contribution in [2.24, 2.45) is 0 Å². The summed E-state index contributed by atoms with van der Waals surface area (Å²) in [6.07, 6.45) is 8.38. The lowest BCUT2D eigenvalue weighted by atomic mass is 9.84. The third kappa shape index (κ3) is 3.95. The maximum Gasteiger partial charge on any atom is 0.222 e. The van der Waals surface area contributed by atoms with Crippen LogP contribution in [0.4, 0.5) is 0 Å². The summed E-state index contributed by atoms with van der Waals surface area (Å²) in [7, 11) is 0. The van der Waals surface area contributed by atoms with E-state index in [-0.39, 0.29) is 17.6 Å². The predicted molar refractivity (Wildman–Crippen MR) is 91.6 cm³/mol. The van der Waals surface area contributed by atoms with Crippen LogP contribution in [-0.4, -0.2) is 47.2 Å². The molecule has 2 saturated heterocycles. The van der Waals surface area contributed by atoms with Crippen LogP contribution < -0.4 is 0 Å². The number of aromatic nitrogens is 1. The molecule has 1 aromatic heterocycles. The number of likely N-dealkylation sites (tertiary alicyclic amines) is 1. The minimum absolute atomic E-state index is 0.172. The number of carbonyl (C=O) groups is 1. The average molecular weight is 332 g/mol. The Morgan fingerprint density at radius 2 is 2.33 bits per heavy atom. The highest BCUT2D eigenvalue weighted by atomic mass is 16.5. The normalized spacial score (nSPS) is 22.4. The fourth-order valence-corrected chi connectivity index (χ4v) is 3.51. The first kappa shape index (κ1) is 17.4. The van der Waals surface area contributed by atoms with E-state index in [1.165, 1.54) is 5.56 Å². The Hall–Kier alpha value is -1.46. The molecule has 0 unspecified atom stereocenters. The fourth-order valence-electron chi connectivity index (χ4n) is 3.51. The SMILES string of the molecule is CCCCC(=O)N1CC2(C[C@@H](OCc3cnccc3C)CCO2)C1. The first-order valence-corrected chi connectivity index (χ1v) is 9.05. The first-order valence-electron chi connectivity index (χ1n) is 9.05. The van der Waals surface area contributed by atoms with Crippen molar-refractivity contribution >= 4 is 5.91 Å². The number of carbonyl (C=O) groups excluding carboxylic acids is 1. The van der Waals surface area contributed by atoms with Crippen molar-refractivity contribution in [2.75, 3.05) is 19.7 Å². The fraction of sp³-hybridized carbons (Fsp3) is 0.684. The van der Waals surface area contributed by atoms with E-state index in [1.807, 2.05) is 17.2 Å². The van der Waals surface area contributed by atoms with Gasteiger partial charge in [-0.3, -0.25) is 9.78 Å². The molecule has 2 aliphatic rings. The van der Waals surface area contributed by atoms with Crippen molar-refractivity contribution in [1.82, 2.24) is 9.88 Å². The monoisotopic (exact) mass is 332 g/mol. The molecule has 132 valence electrons. The van der Waals surface area contributed by atoms with Crippen LogP contribution >= 0.6 is 0 Å². The van der Waals surface area contributed by atoms with E-state index in [9.17, 15) is 4.79 Å². The maximum absolute atomic E-state index is 12.1. The van der Waals surface area contributed by atoms with Gasteiger partial charge in [-0.25, -0.2) is 0 Å². The molecule has 1 spiro atoms. The van der Waals surface area contributed by atoms with Crippen LogP contribution in [0.3, 0.4) is 0 Å². The largest absolute Gasteiger partial charge is 0.373 e. The molecule has 0 saturated carbocycles. The van der Waals surface area contributed by atoms with Gasteiger partial charge in [0.1, 0.15) is 5.60 Å². The van der Waals surface area contributed by atoms with Gasteiger partial charge in [0.25, 0.3) is 0 Å². The molecule has 5 heteroatoms. The second-order valence-electron chi connectivity index (χ2n) is 7.11. The average Bonchev–Trinajstić information content (AvgIpc) is 2.57. The van der Waals surface area contributed by atoms with Crippen LogP contribution in [0.25, 0.3) is 0 Å². The van der Waals surface area contributed by atoms with Gasteiger partial charge in [-0.2, -0.15) is 0 Å². The van der Waals surface area contributed by atoms with Crippen LogP contribution in [-0.2, 0) is 20.9 Å². The third-order valence-corrected chi connectivity index (χ3v) is 5.12. The number of aryl methyl sites for hydroxylation is 1. The van der Waals surface area contributed by atoms with E-state index in [0.717, 1.165) is 44.3 Å². The summed E-state index contributed by atoms with van der Waals surface area (Å²) in [4.78, 5) is 18.2. The maximum atomic E-state index is 12.1. The summed E-state index contributed by atoms with van der Waals surface area (Å²) in [5, 5.41) is 0. The summed E-state index contributed by atoms with van der Waals surface area (Å²) >= 11 is 0. The van der Waals surface area contributed by atoms with Gasteiger partial charge in [-0.1, -0.05) is 13.3 Å². The number of pyridine rings is 1. The molecular formula is C19H28N2O3. The van der Waals surface area contributed by atoms with Crippen LogP contribution in [0.1, 0.15) is 50.2 Å². The first-order chi connectivity index (χ1) is 11.6. The van der Waals surface area contributed by atoms with Crippen molar-refractivity contribution in [3.05, 3.63) is 29.6 Å². The highest BCUT2D eigenvalue weighted by Gasteiger charge is 2.49. The molecule has 1 aromatic rings. The Balaban J connectivity index is 1.47. The van der Waals surface area contributed by atoms with Gasteiger partial charge >= 0.3 is 0 Å². The Kier molecular flexibility index (Phi) is 5.51. The summed E-state index contributed by atoms with van der Waals surface area (Å²) in [6, 6.07) is 2.01. The molecule has 0 aromatic carbocycles. The van der Waals surface area contributed by atoms with Gasteiger partial charge < -0.3 is 14.4 Å². The van der Waals surface area contributed by atoms with E-state index in [0.29, 0.717) is 19.6 Å². The van der Waals surface area contributed by atoms with Crippen LogP contribution in [0.5, 0.6) is 0 Å². The van der Waals surface area contributed by atoms with Crippen LogP contribution in [0.15, 0.2) is 18.5 Å². The Labute approximate surface area is 144 Å². The minimum atomic E-state index is -0.172. The number of hydrogen-bond donors (Lipinski definition) is 0. The third-order valence-electron chi connectivity index (χ3n) is 5.12. The molecule has 0 bridgehead atoms. The number of amides is 1. The van der Waals surface area contributed by atoms with E-state index >= 15 is 0 Å². The van der Waals surface area contributed by atoms with Gasteiger partial charge in [-0.05, 0) is 37.0 Å². The molecule has 24 heavy (non-hydrogen) atoms. The molecule has 0 radical (unpaired) electrons. The van der Waals surface area contributed by atoms with Crippen molar-refractivity contribution in [1.29, 1.82) is 0 Å². The minimum Gasteiger partial charge on any atom is -0.373 e. The number of nitrogens with zero attached hydrogens (tertiary/aromatic N) is 2. The van der Waals surface area contributed by atoms with Crippen LogP contribution in [0.2, 0.25) is 0 Å². The lowest BCUT2D eigenvalue weighted by Crippen LogP contribution is -2.67. The topological polar surface area (TPSA) is 51.7 Å². The predicted octanol–water partition coefficient (Wildman–Crippen LogP) is 2.86. The molecule has 5 nitrogen and oxygen atoms in total. The highest BCUT2D eigenvalue weighted by molar-refractivity contribution is 5.77. The lowest BCUT2D eigenvalue weighted by molar-refractivity contribution is -0.202. The number of unbranched alkanes of at least 4 members (excludes halogenated alkanes) is 1. The zero-order valence-electron chi connectivity index (χ0n) is 14.8.